The highest BCUT2D eigenvalue weighted by Crippen LogP contribution is 2.30. The molecule has 2 aromatic carbocycles. The number of nitrogens with zero attached hydrogens (tertiary/aromatic N) is 1. The second kappa shape index (κ2) is 6.37. The number of para-hydroxylation sites is 2. The summed E-state index contributed by atoms with van der Waals surface area (Å²) in [5, 5.41) is 4.22. The van der Waals surface area contributed by atoms with Gasteiger partial charge in [-0.1, -0.05) is 23.7 Å². The van der Waals surface area contributed by atoms with Crippen molar-refractivity contribution in [2.75, 3.05) is 29.9 Å². The molecule has 0 saturated carbocycles. The van der Waals surface area contributed by atoms with Crippen LogP contribution in [-0.4, -0.2) is 25.8 Å². The minimum absolute atomic E-state index is 0.266. The van der Waals surface area contributed by atoms with Crippen molar-refractivity contribution in [3.8, 4) is 0 Å². The van der Waals surface area contributed by atoms with E-state index in [1.807, 2.05) is 30.3 Å². The molecule has 0 aliphatic carbocycles. The molecule has 3 rings (SSSR count). The van der Waals surface area contributed by atoms with Crippen molar-refractivity contribution in [3.05, 3.63) is 53.6 Å². The van der Waals surface area contributed by atoms with Gasteiger partial charge in [-0.05, 0) is 43.3 Å². The largest absolute Gasteiger partial charge is 0.375 e. The van der Waals surface area contributed by atoms with E-state index < -0.39 is 0 Å². The van der Waals surface area contributed by atoms with Gasteiger partial charge in [0.25, 0.3) is 0 Å². The number of hydrogen-bond donors (Lipinski definition) is 1. The number of ether oxygens (including phenoxy) is 1. The van der Waals surface area contributed by atoms with Gasteiger partial charge in [0.1, 0.15) is 0 Å². The van der Waals surface area contributed by atoms with E-state index >= 15 is 0 Å². The maximum Gasteiger partial charge on any atom is 0.0722 e. The Bertz CT molecular complexity index is 600. The summed E-state index contributed by atoms with van der Waals surface area (Å²) < 4.78 is 5.62. The smallest absolute Gasteiger partial charge is 0.0722 e. The predicted octanol–water partition coefficient (Wildman–Crippen LogP) is 4.31. The second-order valence-corrected chi connectivity index (χ2v) is 5.71. The molecule has 0 amide bonds. The highest BCUT2D eigenvalue weighted by Gasteiger charge is 2.19. The van der Waals surface area contributed by atoms with Crippen molar-refractivity contribution in [2.24, 2.45) is 0 Å². The van der Waals surface area contributed by atoms with Gasteiger partial charge in [-0.3, -0.25) is 0 Å². The Kier molecular flexibility index (Phi) is 4.32. The third kappa shape index (κ3) is 3.49. The van der Waals surface area contributed by atoms with Gasteiger partial charge in [-0.2, -0.15) is 0 Å². The van der Waals surface area contributed by atoms with Gasteiger partial charge in [0.15, 0.2) is 0 Å². The van der Waals surface area contributed by atoms with E-state index in [1.54, 1.807) is 0 Å². The van der Waals surface area contributed by atoms with Crippen molar-refractivity contribution < 1.29 is 4.74 Å². The van der Waals surface area contributed by atoms with Crippen molar-refractivity contribution in [2.45, 2.75) is 13.0 Å². The summed E-state index contributed by atoms with van der Waals surface area (Å²) in [7, 11) is 0. The normalized spacial score (nSPS) is 18.6. The van der Waals surface area contributed by atoms with Crippen LogP contribution in [0, 0.1) is 0 Å². The van der Waals surface area contributed by atoms with Gasteiger partial charge < -0.3 is 15.0 Å². The Morgan fingerprint density at radius 3 is 2.67 bits per heavy atom. The Hall–Kier alpha value is -1.71. The summed E-state index contributed by atoms with van der Waals surface area (Å²) in [6.07, 6.45) is 0.266. The molecular weight excluding hydrogens is 284 g/mol. The lowest BCUT2D eigenvalue weighted by molar-refractivity contribution is 0.0533. The standard InChI is InChI=1S/C17H19ClN2O/c1-13-12-20(10-11-21-13)17-5-3-2-4-16(17)19-15-8-6-14(18)7-9-15/h2-9,13,19H,10-12H2,1H3. The Balaban J connectivity index is 1.83. The van der Waals surface area contributed by atoms with E-state index in [4.69, 9.17) is 16.3 Å². The molecule has 1 unspecified atom stereocenters. The van der Waals surface area contributed by atoms with Crippen LogP contribution in [0.4, 0.5) is 17.1 Å². The lowest BCUT2D eigenvalue weighted by Gasteiger charge is -2.34. The van der Waals surface area contributed by atoms with Crippen LogP contribution in [0.5, 0.6) is 0 Å². The molecule has 0 radical (unpaired) electrons. The summed E-state index contributed by atoms with van der Waals surface area (Å²) in [5.74, 6) is 0. The third-order valence-electron chi connectivity index (χ3n) is 3.61. The first kappa shape index (κ1) is 14.2. The summed E-state index contributed by atoms with van der Waals surface area (Å²) >= 11 is 5.93. The lowest BCUT2D eigenvalue weighted by Crippen LogP contribution is -2.41. The molecule has 110 valence electrons. The van der Waals surface area contributed by atoms with Gasteiger partial charge in [0, 0.05) is 23.8 Å². The molecule has 3 nitrogen and oxygen atoms in total. The average molecular weight is 303 g/mol. The molecule has 2 aromatic rings. The molecule has 0 bridgehead atoms. The van der Waals surface area contributed by atoms with Crippen LogP contribution in [0.1, 0.15) is 6.92 Å². The van der Waals surface area contributed by atoms with E-state index in [2.05, 4.69) is 35.3 Å². The zero-order valence-corrected chi connectivity index (χ0v) is 12.8. The zero-order chi connectivity index (χ0) is 14.7. The number of anilines is 3. The molecular formula is C17H19ClN2O. The Morgan fingerprint density at radius 1 is 1.14 bits per heavy atom. The van der Waals surface area contributed by atoms with E-state index in [9.17, 15) is 0 Å². The SMILES string of the molecule is CC1CN(c2ccccc2Nc2ccc(Cl)cc2)CCO1. The van der Waals surface area contributed by atoms with E-state index in [-0.39, 0.29) is 6.10 Å². The number of halogens is 1. The Labute approximate surface area is 130 Å². The molecule has 1 aliphatic rings. The molecule has 1 atom stereocenters. The monoisotopic (exact) mass is 302 g/mol. The van der Waals surface area contributed by atoms with Gasteiger partial charge in [0.05, 0.1) is 24.1 Å². The number of benzene rings is 2. The fourth-order valence-electron chi connectivity index (χ4n) is 2.58. The highest BCUT2D eigenvalue weighted by molar-refractivity contribution is 6.30. The van der Waals surface area contributed by atoms with E-state index in [0.717, 1.165) is 36.1 Å². The van der Waals surface area contributed by atoms with Crippen LogP contribution >= 0.6 is 11.6 Å². The minimum Gasteiger partial charge on any atom is -0.375 e. The predicted molar refractivity (Wildman–Crippen MR) is 88.8 cm³/mol. The summed E-state index contributed by atoms with van der Waals surface area (Å²) in [4.78, 5) is 2.37. The number of nitrogens with one attached hydrogen (secondary N) is 1. The number of hydrogen-bond acceptors (Lipinski definition) is 3. The van der Waals surface area contributed by atoms with E-state index in [1.165, 1.54) is 5.69 Å². The molecule has 21 heavy (non-hydrogen) atoms. The summed E-state index contributed by atoms with van der Waals surface area (Å²) in [6.45, 7) is 4.72. The molecule has 1 saturated heterocycles. The van der Waals surface area contributed by atoms with Crippen LogP contribution in [0.15, 0.2) is 48.5 Å². The Morgan fingerprint density at radius 2 is 1.90 bits per heavy atom. The van der Waals surface area contributed by atoms with Gasteiger partial charge >= 0.3 is 0 Å². The van der Waals surface area contributed by atoms with Gasteiger partial charge in [-0.25, -0.2) is 0 Å². The van der Waals surface area contributed by atoms with Gasteiger partial charge in [-0.15, -0.1) is 0 Å². The van der Waals surface area contributed by atoms with Crippen LogP contribution in [0.25, 0.3) is 0 Å². The highest BCUT2D eigenvalue weighted by atomic mass is 35.5. The van der Waals surface area contributed by atoms with Crippen molar-refractivity contribution in [1.29, 1.82) is 0 Å². The first-order valence-electron chi connectivity index (χ1n) is 7.20. The average Bonchev–Trinajstić information content (AvgIpc) is 2.50. The van der Waals surface area contributed by atoms with Crippen molar-refractivity contribution in [1.82, 2.24) is 0 Å². The molecule has 1 heterocycles. The minimum atomic E-state index is 0.266. The molecule has 0 aromatic heterocycles. The summed E-state index contributed by atoms with van der Waals surface area (Å²) in [5.41, 5.74) is 3.35. The number of rotatable bonds is 3. The molecule has 0 spiro atoms. The van der Waals surface area contributed by atoms with Crippen molar-refractivity contribution >= 4 is 28.7 Å². The topological polar surface area (TPSA) is 24.5 Å². The van der Waals surface area contributed by atoms with Crippen LogP contribution in [0.3, 0.4) is 0 Å². The third-order valence-corrected chi connectivity index (χ3v) is 3.86. The second-order valence-electron chi connectivity index (χ2n) is 5.28. The number of morpholine rings is 1. The lowest BCUT2D eigenvalue weighted by atomic mass is 10.2. The molecule has 1 aliphatic heterocycles. The molecule has 1 fully saturated rings. The maximum absolute atomic E-state index is 5.93. The summed E-state index contributed by atoms with van der Waals surface area (Å²) in [6, 6.07) is 16.1. The molecule has 4 heteroatoms. The van der Waals surface area contributed by atoms with Crippen LogP contribution in [0.2, 0.25) is 5.02 Å². The van der Waals surface area contributed by atoms with Crippen LogP contribution < -0.4 is 10.2 Å². The van der Waals surface area contributed by atoms with Crippen molar-refractivity contribution in [3.63, 3.8) is 0 Å². The fourth-order valence-corrected chi connectivity index (χ4v) is 2.71. The molecule has 1 N–H and O–H groups in total. The van der Waals surface area contributed by atoms with E-state index in [0.29, 0.717) is 0 Å². The van der Waals surface area contributed by atoms with Crippen LogP contribution in [-0.2, 0) is 4.74 Å². The fraction of sp³-hybridized carbons (Fsp3) is 0.294. The van der Waals surface area contributed by atoms with Gasteiger partial charge in [0.2, 0.25) is 0 Å². The maximum atomic E-state index is 5.93. The first-order valence-corrected chi connectivity index (χ1v) is 7.58. The first-order chi connectivity index (χ1) is 10.2. The zero-order valence-electron chi connectivity index (χ0n) is 12.1. The quantitative estimate of drug-likeness (QED) is 0.914.